The van der Waals surface area contributed by atoms with Crippen molar-refractivity contribution >= 4 is 5.82 Å². The maximum Gasteiger partial charge on any atom is 0.152 e. The number of nitrogens with one attached hydrogen (secondary N) is 1. The summed E-state index contributed by atoms with van der Waals surface area (Å²) in [6.07, 6.45) is 0. The molecule has 0 aliphatic carbocycles. The first kappa shape index (κ1) is 11.3. The minimum atomic E-state index is 0.879. The predicted octanol–water partition coefficient (Wildman–Crippen LogP) is 1.40. The molecule has 18 heavy (non-hydrogen) atoms. The topological polar surface area (TPSA) is 46.2 Å². The van der Waals surface area contributed by atoms with Crippen LogP contribution < -0.4 is 10.2 Å². The van der Waals surface area contributed by atoms with Gasteiger partial charge in [0.15, 0.2) is 11.6 Å². The zero-order valence-corrected chi connectivity index (χ0v) is 10.8. The number of furan rings is 1. The van der Waals surface area contributed by atoms with Crippen LogP contribution in [0.2, 0.25) is 0 Å². The number of hydrogen-bond acceptors (Lipinski definition) is 4. The Kier molecular flexibility index (Phi) is 2.83. The fourth-order valence-electron chi connectivity index (χ4n) is 2.30. The van der Waals surface area contributed by atoms with E-state index in [1.807, 2.05) is 30.8 Å². The van der Waals surface area contributed by atoms with E-state index in [0.29, 0.717) is 0 Å². The van der Waals surface area contributed by atoms with Crippen molar-refractivity contribution in [3.8, 4) is 11.5 Å². The number of anilines is 1. The number of aryl methyl sites for hydroxylation is 2. The van der Waals surface area contributed by atoms with Gasteiger partial charge in [0.25, 0.3) is 0 Å². The maximum absolute atomic E-state index is 5.66. The van der Waals surface area contributed by atoms with Crippen molar-refractivity contribution in [3.63, 3.8) is 0 Å². The maximum atomic E-state index is 5.66. The van der Waals surface area contributed by atoms with Gasteiger partial charge < -0.3 is 14.6 Å². The highest BCUT2D eigenvalue weighted by molar-refractivity contribution is 5.59. The zero-order valence-electron chi connectivity index (χ0n) is 10.8. The van der Waals surface area contributed by atoms with E-state index in [9.17, 15) is 0 Å². The molecule has 3 rings (SSSR count). The van der Waals surface area contributed by atoms with E-state index < -0.39 is 0 Å². The lowest BCUT2D eigenvalue weighted by atomic mass is 10.3. The summed E-state index contributed by atoms with van der Waals surface area (Å²) in [6.45, 7) is 6.01. The zero-order chi connectivity index (χ0) is 12.5. The lowest BCUT2D eigenvalue weighted by Crippen LogP contribution is -2.43. The predicted molar refractivity (Wildman–Crippen MR) is 70.7 cm³/mol. The van der Waals surface area contributed by atoms with E-state index in [0.717, 1.165) is 49.2 Å². The van der Waals surface area contributed by atoms with Gasteiger partial charge in [0.2, 0.25) is 0 Å². The summed E-state index contributed by atoms with van der Waals surface area (Å²) < 4.78 is 7.54. The van der Waals surface area contributed by atoms with E-state index in [4.69, 9.17) is 4.42 Å². The number of hydrogen-bond donors (Lipinski definition) is 1. The Balaban J connectivity index is 1.90. The van der Waals surface area contributed by atoms with Crippen molar-refractivity contribution in [1.29, 1.82) is 0 Å². The number of piperazine rings is 1. The SMILES string of the molecule is Cc1ccc(-c2cc(N3CCNCC3)nn2C)o1. The summed E-state index contributed by atoms with van der Waals surface area (Å²) in [4.78, 5) is 2.30. The minimum absolute atomic E-state index is 0.879. The molecule has 5 nitrogen and oxygen atoms in total. The van der Waals surface area contributed by atoms with Crippen molar-refractivity contribution in [2.45, 2.75) is 6.92 Å². The van der Waals surface area contributed by atoms with Gasteiger partial charge in [-0.2, -0.15) is 5.10 Å². The van der Waals surface area contributed by atoms with Crippen molar-refractivity contribution in [1.82, 2.24) is 15.1 Å². The van der Waals surface area contributed by atoms with Gasteiger partial charge in [-0.1, -0.05) is 0 Å². The van der Waals surface area contributed by atoms with E-state index in [2.05, 4.69) is 21.4 Å². The largest absolute Gasteiger partial charge is 0.460 e. The Hall–Kier alpha value is -1.75. The minimum Gasteiger partial charge on any atom is -0.460 e. The molecule has 0 bridgehead atoms. The van der Waals surface area contributed by atoms with Gasteiger partial charge in [-0.25, -0.2) is 0 Å². The third kappa shape index (κ3) is 2.01. The third-order valence-electron chi connectivity index (χ3n) is 3.30. The molecule has 96 valence electrons. The molecule has 0 unspecified atom stereocenters. The molecule has 1 aliphatic rings. The number of rotatable bonds is 2. The third-order valence-corrected chi connectivity index (χ3v) is 3.30. The molecule has 5 heteroatoms. The van der Waals surface area contributed by atoms with E-state index >= 15 is 0 Å². The molecule has 1 saturated heterocycles. The number of aromatic nitrogens is 2. The van der Waals surface area contributed by atoms with Crippen LogP contribution in [0.25, 0.3) is 11.5 Å². The molecule has 0 radical (unpaired) electrons. The molecule has 2 aromatic rings. The van der Waals surface area contributed by atoms with Crippen LogP contribution in [-0.4, -0.2) is 36.0 Å². The molecule has 2 aromatic heterocycles. The van der Waals surface area contributed by atoms with Gasteiger partial charge >= 0.3 is 0 Å². The second-order valence-corrected chi connectivity index (χ2v) is 4.66. The van der Waals surface area contributed by atoms with Gasteiger partial charge in [0.1, 0.15) is 11.5 Å². The Morgan fingerprint density at radius 1 is 1.28 bits per heavy atom. The summed E-state index contributed by atoms with van der Waals surface area (Å²) in [5.41, 5.74) is 1.02. The fourth-order valence-corrected chi connectivity index (χ4v) is 2.30. The van der Waals surface area contributed by atoms with Gasteiger partial charge in [0, 0.05) is 39.3 Å². The first-order valence-corrected chi connectivity index (χ1v) is 6.30. The fraction of sp³-hybridized carbons (Fsp3) is 0.462. The summed E-state index contributed by atoms with van der Waals surface area (Å²) in [6, 6.07) is 6.07. The van der Waals surface area contributed by atoms with Crippen LogP contribution in [0, 0.1) is 6.92 Å². The highest BCUT2D eigenvalue weighted by Gasteiger charge is 2.16. The van der Waals surface area contributed by atoms with Gasteiger partial charge in [-0.3, -0.25) is 4.68 Å². The first-order valence-electron chi connectivity index (χ1n) is 6.30. The molecule has 0 spiro atoms. The normalized spacial score (nSPS) is 16.2. The van der Waals surface area contributed by atoms with Gasteiger partial charge in [-0.05, 0) is 19.1 Å². The lowest BCUT2D eigenvalue weighted by molar-refractivity contribution is 0.541. The lowest BCUT2D eigenvalue weighted by Gasteiger charge is -2.26. The molecule has 3 heterocycles. The van der Waals surface area contributed by atoms with E-state index in [1.54, 1.807) is 0 Å². The highest BCUT2D eigenvalue weighted by Crippen LogP contribution is 2.25. The molecule has 0 atom stereocenters. The summed E-state index contributed by atoms with van der Waals surface area (Å²) >= 11 is 0. The van der Waals surface area contributed by atoms with Crippen molar-refractivity contribution in [2.75, 3.05) is 31.1 Å². The molecular formula is C13H18N4O. The Labute approximate surface area is 106 Å². The molecule has 0 aromatic carbocycles. The quantitative estimate of drug-likeness (QED) is 0.870. The Morgan fingerprint density at radius 2 is 2.06 bits per heavy atom. The van der Waals surface area contributed by atoms with Crippen LogP contribution >= 0.6 is 0 Å². The first-order chi connectivity index (χ1) is 8.74. The van der Waals surface area contributed by atoms with Crippen LogP contribution in [0.5, 0.6) is 0 Å². The number of nitrogens with zero attached hydrogens (tertiary/aromatic N) is 3. The van der Waals surface area contributed by atoms with E-state index in [1.165, 1.54) is 0 Å². The van der Waals surface area contributed by atoms with Crippen molar-refractivity contribution < 1.29 is 4.42 Å². The molecule has 1 fully saturated rings. The standard InChI is InChI=1S/C13H18N4O/c1-10-3-4-12(18-10)11-9-13(15-16(11)2)17-7-5-14-6-8-17/h3-4,9,14H,5-8H2,1-2H3. The monoisotopic (exact) mass is 246 g/mol. The van der Waals surface area contributed by atoms with Crippen LogP contribution in [0.3, 0.4) is 0 Å². The molecule has 0 saturated carbocycles. The Morgan fingerprint density at radius 3 is 2.72 bits per heavy atom. The van der Waals surface area contributed by atoms with Gasteiger partial charge in [-0.15, -0.1) is 0 Å². The van der Waals surface area contributed by atoms with Crippen LogP contribution in [-0.2, 0) is 7.05 Å². The summed E-state index contributed by atoms with van der Waals surface area (Å²) in [7, 11) is 1.96. The van der Waals surface area contributed by atoms with Crippen molar-refractivity contribution in [3.05, 3.63) is 24.0 Å². The molecular weight excluding hydrogens is 228 g/mol. The average Bonchev–Trinajstić information content (AvgIpc) is 2.97. The van der Waals surface area contributed by atoms with E-state index in [-0.39, 0.29) is 0 Å². The average molecular weight is 246 g/mol. The molecule has 1 N–H and O–H groups in total. The second kappa shape index (κ2) is 4.49. The van der Waals surface area contributed by atoms with Gasteiger partial charge in [0.05, 0.1) is 0 Å². The summed E-state index contributed by atoms with van der Waals surface area (Å²) in [5.74, 6) is 2.84. The van der Waals surface area contributed by atoms with Crippen LogP contribution in [0.4, 0.5) is 5.82 Å². The molecule has 1 aliphatic heterocycles. The summed E-state index contributed by atoms with van der Waals surface area (Å²) in [5, 5.41) is 7.92. The molecule has 0 amide bonds. The van der Waals surface area contributed by atoms with Crippen molar-refractivity contribution in [2.24, 2.45) is 7.05 Å². The highest BCUT2D eigenvalue weighted by atomic mass is 16.3. The van der Waals surface area contributed by atoms with Crippen LogP contribution in [0.15, 0.2) is 22.6 Å². The Bertz CT molecular complexity index is 537. The second-order valence-electron chi connectivity index (χ2n) is 4.66. The van der Waals surface area contributed by atoms with Crippen LogP contribution in [0.1, 0.15) is 5.76 Å². The smallest absolute Gasteiger partial charge is 0.152 e.